The molecular formula is C14H11ClFN3O2. The molecule has 21 heavy (non-hydrogen) atoms. The molecule has 108 valence electrons. The highest BCUT2D eigenvalue weighted by Gasteiger charge is 2.14. The molecule has 0 aliphatic heterocycles. The topological polar surface area (TPSA) is 71.1 Å². The van der Waals surface area contributed by atoms with Gasteiger partial charge in [0.25, 0.3) is 11.8 Å². The molecule has 0 aliphatic carbocycles. The number of carbonyl (C=O) groups is 2. The first kappa shape index (κ1) is 14.9. The second kappa shape index (κ2) is 6.32. The third-order valence-electron chi connectivity index (χ3n) is 2.71. The number of carbonyl (C=O) groups excluding carboxylic acids is 2. The van der Waals surface area contributed by atoms with E-state index in [0.29, 0.717) is 5.69 Å². The molecule has 7 heteroatoms. The number of rotatable bonds is 3. The number of anilines is 1. The van der Waals surface area contributed by atoms with Crippen LogP contribution in [0.4, 0.5) is 10.1 Å². The smallest absolute Gasteiger partial charge is 0.258 e. The van der Waals surface area contributed by atoms with Crippen LogP contribution in [0.2, 0.25) is 5.02 Å². The fraction of sp³-hybridized carbons (Fsp3) is 0.0714. The van der Waals surface area contributed by atoms with Crippen molar-refractivity contribution in [2.75, 3.05) is 12.4 Å². The van der Waals surface area contributed by atoms with Crippen LogP contribution in [-0.2, 0) is 0 Å². The van der Waals surface area contributed by atoms with Crippen molar-refractivity contribution >= 4 is 29.1 Å². The van der Waals surface area contributed by atoms with Crippen molar-refractivity contribution in [2.24, 2.45) is 0 Å². The number of amides is 2. The Bertz CT molecular complexity index is 706. The van der Waals surface area contributed by atoms with Crippen molar-refractivity contribution in [1.82, 2.24) is 10.3 Å². The molecule has 0 atom stereocenters. The van der Waals surface area contributed by atoms with Gasteiger partial charge >= 0.3 is 0 Å². The van der Waals surface area contributed by atoms with Crippen LogP contribution in [0.15, 0.2) is 36.7 Å². The summed E-state index contributed by atoms with van der Waals surface area (Å²) >= 11 is 5.91. The second-order valence-corrected chi connectivity index (χ2v) is 4.49. The summed E-state index contributed by atoms with van der Waals surface area (Å²) in [6.07, 6.45) is 2.27. The van der Waals surface area contributed by atoms with E-state index in [4.69, 9.17) is 11.6 Å². The molecule has 0 aliphatic rings. The Balaban J connectivity index is 2.26. The fourth-order valence-corrected chi connectivity index (χ4v) is 1.87. The zero-order valence-corrected chi connectivity index (χ0v) is 11.7. The number of benzene rings is 1. The first-order valence-electron chi connectivity index (χ1n) is 5.95. The Morgan fingerprint density at radius 1 is 1.19 bits per heavy atom. The van der Waals surface area contributed by atoms with E-state index in [9.17, 15) is 14.0 Å². The standard InChI is InChI=1S/C14H11ClFN3O2/c1-17-13(20)10-6-8(2-3-11(10)15)19-14(21)9-4-5-18-7-12(9)16/h2-7H,1H3,(H,17,20)(H,19,21). The third-order valence-corrected chi connectivity index (χ3v) is 3.04. The van der Waals surface area contributed by atoms with Gasteiger partial charge in [-0.1, -0.05) is 11.6 Å². The molecule has 0 radical (unpaired) electrons. The van der Waals surface area contributed by atoms with Gasteiger partial charge in [0.15, 0.2) is 5.82 Å². The lowest BCUT2D eigenvalue weighted by Gasteiger charge is -2.09. The molecule has 0 bridgehead atoms. The van der Waals surface area contributed by atoms with E-state index in [1.54, 1.807) is 0 Å². The van der Waals surface area contributed by atoms with Crippen molar-refractivity contribution in [3.05, 3.63) is 58.6 Å². The van der Waals surface area contributed by atoms with Gasteiger partial charge in [-0.25, -0.2) is 4.39 Å². The van der Waals surface area contributed by atoms with Gasteiger partial charge in [0.1, 0.15) is 0 Å². The fourth-order valence-electron chi connectivity index (χ4n) is 1.67. The van der Waals surface area contributed by atoms with E-state index in [1.807, 2.05) is 0 Å². The number of nitrogens with one attached hydrogen (secondary N) is 2. The molecule has 2 rings (SSSR count). The summed E-state index contributed by atoms with van der Waals surface area (Å²) in [6.45, 7) is 0. The summed E-state index contributed by atoms with van der Waals surface area (Å²) in [5.74, 6) is -1.75. The van der Waals surface area contributed by atoms with Gasteiger partial charge in [0.2, 0.25) is 0 Å². The van der Waals surface area contributed by atoms with Gasteiger partial charge < -0.3 is 10.6 Å². The first-order valence-corrected chi connectivity index (χ1v) is 6.33. The molecule has 0 fully saturated rings. The number of hydrogen-bond acceptors (Lipinski definition) is 3. The largest absolute Gasteiger partial charge is 0.355 e. The Kier molecular flexibility index (Phi) is 4.49. The van der Waals surface area contributed by atoms with Crippen LogP contribution >= 0.6 is 11.6 Å². The number of halogens is 2. The summed E-state index contributed by atoms with van der Waals surface area (Å²) in [4.78, 5) is 27.1. The predicted molar refractivity (Wildman–Crippen MR) is 77.0 cm³/mol. The Hall–Kier alpha value is -2.47. The number of nitrogens with zero attached hydrogens (tertiary/aromatic N) is 1. The van der Waals surface area contributed by atoms with Gasteiger partial charge in [0.05, 0.1) is 22.3 Å². The Labute approximate surface area is 125 Å². The van der Waals surface area contributed by atoms with Crippen molar-refractivity contribution in [3.8, 4) is 0 Å². The minimum atomic E-state index is -0.726. The van der Waals surface area contributed by atoms with E-state index in [0.717, 1.165) is 6.20 Å². The van der Waals surface area contributed by atoms with E-state index < -0.39 is 11.7 Å². The third kappa shape index (κ3) is 3.35. The summed E-state index contributed by atoms with van der Waals surface area (Å²) in [7, 11) is 1.47. The highest BCUT2D eigenvalue weighted by Crippen LogP contribution is 2.21. The molecule has 0 spiro atoms. The molecule has 2 aromatic rings. The SMILES string of the molecule is CNC(=O)c1cc(NC(=O)c2ccncc2F)ccc1Cl. The summed E-state index contributed by atoms with van der Waals surface area (Å²) in [6, 6.07) is 5.68. The number of hydrogen-bond donors (Lipinski definition) is 2. The molecule has 1 heterocycles. The second-order valence-electron chi connectivity index (χ2n) is 4.08. The average molecular weight is 308 g/mol. The first-order chi connectivity index (χ1) is 10.0. The molecule has 2 N–H and O–H groups in total. The molecule has 0 unspecified atom stereocenters. The maximum atomic E-state index is 13.5. The van der Waals surface area contributed by atoms with E-state index >= 15 is 0 Å². The number of aromatic nitrogens is 1. The van der Waals surface area contributed by atoms with Gasteiger partial charge in [-0.3, -0.25) is 14.6 Å². The minimum absolute atomic E-state index is 0.138. The normalized spacial score (nSPS) is 10.0. The summed E-state index contributed by atoms with van der Waals surface area (Å²) < 4.78 is 13.5. The minimum Gasteiger partial charge on any atom is -0.355 e. The van der Waals surface area contributed by atoms with Gasteiger partial charge in [-0.2, -0.15) is 0 Å². The Morgan fingerprint density at radius 3 is 2.62 bits per heavy atom. The van der Waals surface area contributed by atoms with E-state index in [-0.39, 0.29) is 22.1 Å². The van der Waals surface area contributed by atoms with Gasteiger partial charge in [-0.15, -0.1) is 0 Å². The lowest BCUT2D eigenvalue weighted by Crippen LogP contribution is -2.19. The van der Waals surface area contributed by atoms with Gasteiger partial charge in [0, 0.05) is 18.9 Å². The van der Waals surface area contributed by atoms with Crippen molar-refractivity contribution in [3.63, 3.8) is 0 Å². The van der Waals surface area contributed by atoms with Crippen LogP contribution in [0, 0.1) is 5.82 Å². The van der Waals surface area contributed by atoms with Gasteiger partial charge in [-0.05, 0) is 24.3 Å². The van der Waals surface area contributed by atoms with Crippen molar-refractivity contribution in [2.45, 2.75) is 0 Å². The average Bonchev–Trinajstić information content (AvgIpc) is 2.48. The number of pyridine rings is 1. The van der Waals surface area contributed by atoms with Crippen LogP contribution in [0.25, 0.3) is 0 Å². The Morgan fingerprint density at radius 2 is 1.95 bits per heavy atom. The predicted octanol–water partition coefficient (Wildman–Crippen LogP) is 2.49. The molecule has 0 saturated carbocycles. The molecule has 5 nitrogen and oxygen atoms in total. The summed E-state index contributed by atoms with van der Waals surface area (Å²) in [5, 5.41) is 5.19. The maximum Gasteiger partial charge on any atom is 0.258 e. The molecular weight excluding hydrogens is 297 g/mol. The lowest BCUT2D eigenvalue weighted by molar-refractivity contribution is 0.0961. The maximum absolute atomic E-state index is 13.5. The monoisotopic (exact) mass is 307 g/mol. The van der Waals surface area contributed by atoms with Crippen LogP contribution in [0.5, 0.6) is 0 Å². The van der Waals surface area contributed by atoms with E-state index in [2.05, 4.69) is 15.6 Å². The highest BCUT2D eigenvalue weighted by molar-refractivity contribution is 6.34. The molecule has 0 saturated heterocycles. The zero-order valence-electron chi connectivity index (χ0n) is 11.0. The highest BCUT2D eigenvalue weighted by atomic mass is 35.5. The van der Waals surface area contributed by atoms with Crippen LogP contribution in [0.1, 0.15) is 20.7 Å². The van der Waals surface area contributed by atoms with Crippen LogP contribution in [0.3, 0.4) is 0 Å². The lowest BCUT2D eigenvalue weighted by atomic mass is 10.1. The summed E-state index contributed by atoms with van der Waals surface area (Å²) in [5.41, 5.74) is 0.410. The van der Waals surface area contributed by atoms with Crippen molar-refractivity contribution < 1.29 is 14.0 Å². The molecule has 2 amide bonds. The van der Waals surface area contributed by atoms with Crippen molar-refractivity contribution in [1.29, 1.82) is 0 Å². The molecule has 1 aromatic carbocycles. The van der Waals surface area contributed by atoms with E-state index in [1.165, 1.54) is 37.5 Å². The van der Waals surface area contributed by atoms with Crippen LogP contribution < -0.4 is 10.6 Å². The van der Waals surface area contributed by atoms with Crippen LogP contribution in [-0.4, -0.2) is 23.8 Å². The zero-order chi connectivity index (χ0) is 15.4. The molecule has 1 aromatic heterocycles. The quantitative estimate of drug-likeness (QED) is 0.915.